The lowest BCUT2D eigenvalue weighted by Crippen LogP contribution is -2.54. The van der Waals surface area contributed by atoms with E-state index in [0.29, 0.717) is 0 Å². The Hall–Kier alpha value is -2.16. The van der Waals surface area contributed by atoms with Gasteiger partial charge >= 0.3 is 23.9 Å². The molecule has 0 amide bonds. The van der Waals surface area contributed by atoms with Crippen LogP contribution >= 0.6 is 0 Å². The van der Waals surface area contributed by atoms with Crippen LogP contribution in [0.5, 0.6) is 0 Å². The van der Waals surface area contributed by atoms with Crippen molar-refractivity contribution in [2.24, 2.45) is 0 Å². The topological polar surface area (TPSA) is 114 Å². The van der Waals surface area contributed by atoms with Gasteiger partial charge in [0.05, 0.1) is 6.42 Å². The van der Waals surface area contributed by atoms with Gasteiger partial charge in [0, 0.05) is 27.7 Å². The predicted octanol–water partition coefficient (Wildman–Crippen LogP) is 0.0910. The first kappa shape index (κ1) is 18.9. The van der Waals surface area contributed by atoms with Gasteiger partial charge in [0.2, 0.25) is 6.29 Å². The monoisotopic (exact) mass is 332 g/mol. The van der Waals surface area contributed by atoms with Crippen LogP contribution in [-0.2, 0) is 42.9 Å². The number of hydrogen-bond acceptors (Lipinski definition) is 9. The average molecular weight is 332 g/mol. The van der Waals surface area contributed by atoms with Crippen LogP contribution in [0.3, 0.4) is 0 Å². The average Bonchev–Trinajstić information content (AvgIpc) is 2.37. The van der Waals surface area contributed by atoms with Crippen molar-refractivity contribution < 1.29 is 42.9 Å². The lowest BCUT2D eigenvalue weighted by Gasteiger charge is -2.39. The quantitative estimate of drug-likeness (QED) is 0.510. The van der Waals surface area contributed by atoms with Crippen molar-refractivity contribution in [3.8, 4) is 0 Å². The van der Waals surface area contributed by atoms with Gasteiger partial charge in [-0.2, -0.15) is 0 Å². The Morgan fingerprint density at radius 2 is 1.43 bits per heavy atom. The molecule has 9 heteroatoms. The van der Waals surface area contributed by atoms with Crippen LogP contribution in [0.25, 0.3) is 0 Å². The Bertz CT molecular complexity index is 473. The minimum absolute atomic E-state index is 0.00627. The minimum atomic E-state index is -1.01. The van der Waals surface area contributed by atoms with E-state index in [9.17, 15) is 19.2 Å². The molecular weight excluding hydrogens is 312 g/mol. The molecule has 1 fully saturated rings. The third-order valence-corrected chi connectivity index (χ3v) is 2.85. The largest absolute Gasteiger partial charge is 0.463 e. The van der Waals surface area contributed by atoms with Gasteiger partial charge < -0.3 is 23.7 Å². The summed E-state index contributed by atoms with van der Waals surface area (Å²) < 4.78 is 25.6. The number of rotatable bonds is 5. The van der Waals surface area contributed by atoms with Crippen LogP contribution in [0.15, 0.2) is 0 Å². The molecule has 0 saturated carbocycles. The lowest BCUT2D eigenvalue weighted by molar-refractivity contribution is -0.260. The van der Waals surface area contributed by atoms with E-state index < -0.39 is 48.5 Å². The normalized spacial score (nSPS) is 26.8. The van der Waals surface area contributed by atoms with Gasteiger partial charge in [-0.1, -0.05) is 0 Å². The molecule has 0 radical (unpaired) electrons. The fourth-order valence-electron chi connectivity index (χ4n) is 2.16. The molecule has 4 atom stereocenters. The molecule has 1 unspecified atom stereocenters. The first-order valence-electron chi connectivity index (χ1n) is 6.99. The highest BCUT2D eigenvalue weighted by atomic mass is 16.7. The standard InChI is InChI=1S/C14H20O9/c1-7(15)19-6-12-14(22-10(4)18)11(20-8(2)16)5-13(23-12)21-9(3)17/h11-14H,5-6H2,1-4H3/t11-,12?,13+,14-/m0/s1. The van der Waals surface area contributed by atoms with Crippen molar-refractivity contribution in [3.05, 3.63) is 0 Å². The van der Waals surface area contributed by atoms with Gasteiger partial charge in [0.25, 0.3) is 0 Å². The van der Waals surface area contributed by atoms with Crippen molar-refractivity contribution in [2.75, 3.05) is 6.61 Å². The SMILES string of the molecule is CC(=O)OCC1O[C@@H](OC(C)=O)C[C@H](OC(C)=O)[C@@H]1OC(C)=O. The maximum atomic E-state index is 11.3. The first-order chi connectivity index (χ1) is 10.7. The Labute approximate surface area is 133 Å². The van der Waals surface area contributed by atoms with Crippen molar-refractivity contribution in [3.63, 3.8) is 0 Å². The summed E-state index contributed by atoms with van der Waals surface area (Å²) in [6.45, 7) is 4.54. The van der Waals surface area contributed by atoms with Crippen LogP contribution in [0.1, 0.15) is 34.1 Å². The molecule has 23 heavy (non-hydrogen) atoms. The molecule has 0 aromatic carbocycles. The highest BCUT2D eigenvalue weighted by Crippen LogP contribution is 2.27. The molecule has 0 aromatic rings. The van der Waals surface area contributed by atoms with Crippen molar-refractivity contribution in [1.29, 1.82) is 0 Å². The Balaban J connectivity index is 2.94. The van der Waals surface area contributed by atoms with Gasteiger partial charge in [-0.25, -0.2) is 0 Å². The molecule has 0 N–H and O–H groups in total. The van der Waals surface area contributed by atoms with Gasteiger partial charge in [0.15, 0.2) is 6.10 Å². The summed E-state index contributed by atoms with van der Waals surface area (Å²) in [6.07, 6.45) is -3.83. The predicted molar refractivity (Wildman–Crippen MR) is 72.8 cm³/mol. The molecule has 130 valence electrons. The summed E-state index contributed by atoms with van der Waals surface area (Å²) in [5.74, 6) is -2.36. The lowest BCUT2D eigenvalue weighted by atomic mass is 10.0. The molecule has 1 aliphatic heterocycles. The molecule has 0 aliphatic carbocycles. The Morgan fingerprint density at radius 3 is 1.91 bits per heavy atom. The second kappa shape index (κ2) is 8.47. The number of esters is 4. The Morgan fingerprint density at radius 1 is 0.870 bits per heavy atom. The van der Waals surface area contributed by atoms with E-state index in [-0.39, 0.29) is 13.0 Å². The maximum Gasteiger partial charge on any atom is 0.304 e. The van der Waals surface area contributed by atoms with Crippen LogP contribution in [-0.4, -0.2) is 55.1 Å². The second-order valence-electron chi connectivity index (χ2n) is 4.97. The molecule has 0 aromatic heterocycles. The van der Waals surface area contributed by atoms with E-state index in [1.807, 2.05) is 0 Å². The highest BCUT2D eigenvalue weighted by molar-refractivity contribution is 5.68. The van der Waals surface area contributed by atoms with Crippen LogP contribution in [0.4, 0.5) is 0 Å². The smallest absolute Gasteiger partial charge is 0.304 e. The molecule has 0 bridgehead atoms. The number of hydrogen-bond donors (Lipinski definition) is 0. The fraction of sp³-hybridized carbons (Fsp3) is 0.714. The van der Waals surface area contributed by atoms with Crippen molar-refractivity contribution in [1.82, 2.24) is 0 Å². The van der Waals surface area contributed by atoms with E-state index in [4.69, 9.17) is 23.7 Å². The first-order valence-corrected chi connectivity index (χ1v) is 6.99. The Kier molecular flexibility index (Phi) is 6.95. The minimum Gasteiger partial charge on any atom is -0.463 e. The second-order valence-corrected chi connectivity index (χ2v) is 4.97. The van der Waals surface area contributed by atoms with E-state index in [2.05, 4.69) is 0 Å². The van der Waals surface area contributed by atoms with Crippen LogP contribution < -0.4 is 0 Å². The number of ether oxygens (including phenoxy) is 5. The van der Waals surface area contributed by atoms with Crippen molar-refractivity contribution >= 4 is 23.9 Å². The zero-order valence-electron chi connectivity index (χ0n) is 13.4. The third kappa shape index (κ3) is 6.64. The van der Waals surface area contributed by atoms with E-state index in [1.165, 1.54) is 27.7 Å². The number of carbonyl (C=O) groups is 4. The maximum absolute atomic E-state index is 11.3. The van der Waals surface area contributed by atoms with E-state index >= 15 is 0 Å². The van der Waals surface area contributed by atoms with Crippen molar-refractivity contribution in [2.45, 2.75) is 58.7 Å². The summed E-state index contributed by atoms with van der Waals surface area (Å²) in [5.41, 5.74) is 0. The summed E-state index contributed by atoms with van der Waals surface area (Å²) >= 11 is 0. The van der Waals surface area contributed by atoms with Crippen LogP contribution in [0, 0.1) is 0 Å². The molecule has 1 saturated heterocycles. The zero-order valence-corrected chi connectivity index (χ0v) is 13.4. The summed E-state index contributed by atoms with van der Waals surface area (Å²) in [5, 5.41) is 0. The molecule has 0 spiro atoms. The zero-order chi connectivity index (χ0) is 17.6. The summed E-state index contributed by atoms with van der Waals surface area (Å²) in [7, 11) is 0. The molecule has 1 heterocycles. The van der Waals surface area contributed by atoms with Gasteiger partial charge in [-0.15, -0.1) is 0 Å². The van der Waals surface area contributed by atoms with Gasteiger partial charge in [-0.3, -0.25) is 19.2 Å². The third-order valence-electron chi connectivity index (χ3n) is 2.85. The van der Waals surface area contributed by atoms with E-state index in [0.717, 1.165) is 0 Å². The summed E-state index contributed by atoms with van der Waals surface area (Å²) in [4.78, 5) is 44.6. The molecule has 9 nitrogen and oxygen atoms in total. The molecular formula is C14H20O9. The summed E-state index contributed by atoms with van der Waals surface area (Å²) in [6, 6.07) is 0. The van der Waals surface area contributed by atoms with Gasteiger partial charge in [-0.05, 0) is 0 Å². The van der Waals surface area contributed by atoms with Gasteiger partial charge in [0.1, 0.15) is 18.8 Å². The van der Waals surface area contributed by atoms with Crippen LogP contribution in [0.2, 0.25) is 0 Å². The number of carbonyl (C=O) groups excluding carboxylic acids is 4. The fourth-order valence-corrected chi connectivity index (χ4v) is 2.16. The molecule has 1 rings (SSSR count). The van der Waals surface area contributed by atoms with E-state index in [1.54, 1.807) is 0 Å². The molecule has 1 aliphatic rings. The highest BCUT2D eigenvalue weighted by Gasteiger charge is 2.44.